The monoisotopic (exact) mass is 827 g/mol. The fourth-order valence-corrected chi connectivity index (χ4v) is 13.5. The van der Waals surface area contributed by atoms with E-state index in [4.69, 9.17) is 0 Å². The summed E-state index contributed by atoms with van der Waals surface area (Å²) < 4.78 is 2.58. The molecule has 2 atom stereocenters. The van der Waals surface area contributed by atoms with Crippen molar-refractivity contribution in [3.8, 4) is 0 Å². The lowest BCUT2D eigenvalue weighted by molar-refractivity contribution is 0.615. The molecule has 0 N–H and O–H groups in total. The summed E-state index contributed by atoms with van der Waals surface area (Å²) in [6.45, 7) is 0. The predicted molar refractivity (Wildman–Crippen MR) is 271 cm³/mol. The SMILES string of the molecule is C1=CC2(C3=Cc4ccccc4C3=C1)C1=Cc3ccccc3C1=CC=C2N(C1=CC=C2C(=Cc3ccccc32)C12C=CC=C1C2=Cc2ccccc21)c1cccc2sc3ccccc3c12. The molecular formula is C62H37NS. The quantitative estimate of drug-likeness (QED) is 0.172. The molecule has 0 saturated carbocycles. The number of allylic oxidation sites excluding steroid dienone is 14. The topological polar surface area (TPSA) is 3.24 Å². The molecule has 0 fully saturated rings. The van der Waals surface area contributed by atoms with Gasteiger partial charge in [0.05, 0.1) is 16.5 Å². The van der Waals surface area contributed by atoms with Crippen LogP contribution in [-0.4, -0.2) is 0 Å². The van der Waals surface area contributed by atoms with Crippen molar-refractivity contribution in [1.29, 1.82) is 0 Å². The second-order valence-corrected chi connectivity index (χ2v) is 19.0. The molecule has 0 amide bonds. The standard InChI is InChI=1S/C62H37NS/c1-5-18-42-38(14-1)34-51-46(42)23-12-32-61(51)53-36-40-16-3-7-20-44(40)48(53)28-30-58(61)63(55-25-11-27-57-60(55)50-22-9-10-26-56(50)64-57)59-31-29-49-45-21-8-4-17-41(45)37-54(49)62(59)33-13-24-47-43-19-6-2-15-39(43)35-52(47)62/h1-37H. The fourth-order valence-electron chi connectivity index (χ4n) is 12.4. The van der Waals surface area contributed by atoms with Gasteiger partial charge in [-0.1, -0.05) is 170 Å². The minimum atomic E-state index is -0.649. The van der Waals surface area contributed by atoms with Gasteiger partial charge in [0.1, 0.15) is 0 Å². The van der Waals surface area contributed by atoms with Crippen LogP contribution in [0.3, 0.4) is 0 Å². The maximum atomic E-state index is 2.73. The maximum Gasteiger partial charge on any atom is 0.0803 e. The van der Waals surface area contributed by atoms with Crippen molar-refractivity contribution < 1.29 is 0 Å². The van der Waals surface area contributed by atoms with Crippen molar-refractivity contribution in [3.05, 3.63) is 278 Å². The Morgan fingerprint density at radius 1 is 0.359 bits per heavy atom. The summed E-state index contributed by atoms with van der Waals surface area (Å²) in [7, 11) is 0. The highest BCUT2D eigenvalue weighted by molar-refractivity contribution is 7.26. The van der Waals surface area contributed by atoms with E-state index >= 15 is 0 Å². The molecule has 0 radical (unpaired) electrons. The van der Waals surface area contributed by atoms with E-state index in [2.05, 4.69) is 229 Å². The first kappa shape index (κ1) is 34.8. The zero-order valence-electron chi connectivity index (χ0n) is 34.7. The Kier molecular flexibility index (Phi) is 6.76. The van der Waals surface area contributed by atoms with Gasteiger partial charge in [-0.3, -0.25) is 0 Å². The average molecular weight is 828 g/mol. The number of nitrogens with zero attached hydrogens (tertiary/aromatic N) is 1. The van der Waals surface area contributed by atoms with Gasteiger partial charge in [-0.25, -0.2) is 0 Å². The van der Waals surface area contributed by atoms with Gasteiger partial charge in [-0.2, -0.15) is 0 Å². The van der Waals surface area contributed by atoms with Crippen molar-refractivity contribution in [2.75, 3.05) is 4.90 Å². The second-order valence-electron chi connectivity index (χ2n) is 17.9. The number of hydrogen-bond donors (Lipinski definition) is 0. The molecule has 0 saturated heterocycles. The first-order chi connectivity index (χ1) is 31.7. The van der Waals surface area contributed by atoms with E-state index in [9.17, 15) is 0 Å². The van der Waals surface area contributed by atoms with Crippen LogP contribution in [0.5, 0.6) is 0 Å². The van der Waals surface area contributed by atoms with Crippen LogP contribution in [0.25, 0.3) is 66.8 Å². The summed E-state index contributed by atoms with van der Waals surface area (Å²) in [5.41, 5.74) is 23.0. The summed E-state index contributed by atoms with van der Waals surface area (Å²) in [4.78, 5) is 2.73. The molecule has 2 unspecified atom stereocenters. The number of benzene rings is 6. The molecular weight excluding hydrogens is 791 g/mol. The van der Waals surface area contributed by atoms with E-state index in [1.807, 2.05) is 11.3 Å². The number of thiophene rings is 1. The van der Waals surface area contributed by atoms with Gasteiger partial charge in [-0.05, 0) is 144 Å². The molecule has 2 heteroatoms. The molecule has 1 heterocycles. The molecule has 1 aromatic heterocycles. The number of rotatable bonds is 3. The normalized spacial score (nSPS) is 22.1. The molecule has 8 aliphatic carbocycles. The van der Waals surface area contributed by atoms with Crippen molar-refractivity contribution in [2.45, 2.75) is 0 Å². The Labute approximate surface area is 376 Å². The molecule has 15 rings (SSSR count). The molecule has 6 aromatic carbocycles. The minimum Gasteiger partial charge on any atom is -0.314 e. The Bertz CT molecular complexity index is 3540. The van der Waals surface area contributed by atoms with Crippen LogP contribution in [0.15, 0.2) is 234 Å². The highest BCUT2D eigenvalue weighted by Crippen LogP contribution is 2.67. The van der Waals surface area contributed by atoms with Gasteiger partial charge in [-0.15, -0.1) is 11.3 Å². The van der Waals surface area contributed by atoms with Gasteiger partial charge < -0.3 is 4.90 Å². The van der Waals surface area contributed by atoms with Crippen molar-refractivity contribution in [3.63, 3.8) is 0 Å². The van der Waals surface area contributed by atoms with Crippen LogP contribution in [-0.2, 0) is 0 Å². The van der Waals surface area contributed by atoms with Crippen LogP contribution in [0.1, 0.15) is 44.5 Å². The molecule has 0 bridgehead atoms. The molecule has 7 aromatic rings. The third-order valence-electron chi connectivity index (χ3n) is 15.0. The number of anilines is 1. The van der Waals surface area contributed by atoms with Crippen LogP contribution >= 0.6 is 11.3 Å². The van der Waals surface area contributed by atoms with Crippen LogP contribution in [0.4, 0.5) is 5.69 Å². The van der Waals surface area contributed by atoms with Crippen LogP contribution in [0, 0.1) is 10.8 Å². The van der Waals surface area contributed by atoms with Gasteiger partial charge in [0.25, 0.3) is 0 Å². The predicted octanol–water partition coefficient (Wildman–Crippen LogP) is 15.7. The lowest BCUT2D eigenvalue weighted by Crippen LogP contribution is -2.44. The summed E-state index contributed by atoms with van der Waals surface area (Å²) in [6, 6.07) is 51.8. The third-order valence-corrected chi connectivity index (χ3v) is 16.1. The smallest absolute Gasteiger partial charge is 0.0803 e. The Morgan fingerprint density at radius 2 is 0.766 bits per heavy atom. The molecule has 2 spiro atoms. The Balaban J connectivity index is 1.08. The molecule has 1 nitrogen and oxygen atoms in total. The fraction of sp³-hybridized carbons (Fsp3) is 0.0323. The van der Waals surface area contributed by atoms with Crippen LogP contribution < -0.4 is 4.90 Å². The van der Waals surface area contributed by atoms with Crippen molar-refractivity contribution in [2.24, 2.45) is 10.8 Å². The summed E-state index contributed by atoms with van der Waals surface area (Å²) in [6.07, 6.45) is 34.1. The molecule has 0 aliphatic heterocycles. The molecule has 8 aliphatic rings. The maximum absolute atomic E-state index is 2.73. The second kappa shape index (κ2) is 12.4. The van der Waals surface area contributed by atoms with Crippen LogP contribution in [0.2, 0.25) is 0 Å². The van der Waals surface area contributed by atoms with E-state index in [1.54, 1.807) is 0 Å². The number of fused-ring (bicyclic) bond motifs is 19. The van der Waals surface area contributed by atoms with Crippen molar-refractivity contribution in [1.82, 2.24) is 0 Å². The van der Waals surface area contributed by atoms with Gasteiger partial charge in [0, 0.05) is 31.6 Å². The van der Waals surface area contributed by atoms with E-state index < -0.39 is 10.8 Å². The Hall–Kier alpha value is -7.78. The summed E-state index contributed by atoms with van der Waals surface area (Å²) in [5, 5.41) is 2.57. The third kappa shape index (κ3) is 4.29. The largest absolute Gasteiger partial charge is 0.314 e. The first-order valence-corrected chi connectivity index (χ1v) is 23.1. The molecule has 296 valence electrons. The lowest BCUT2D eigenvalue weighted by Gasteiger charge is -2.51. The highest BCUT2D eigenvalue weighted by atomic mass is 32.1. The van der Waals surface area contributed by atoms with E-state index in [-0.39, 0.29) is 0 Å². The van der Waals surface area contributed by atoms with Gasteiger partial charge in [0.15, 0.2) is 0 Å². The summed E-state index contributed by atoms with van der Waals surface area (Å²) in [5.74, 6) is 0. The molecule has 64 heavy (non-hydrogen) atoms. The minimum absolute atomic E-state index is 0.649. The average Bonchev–Trinajstić information content (AvgIpc) is 4.18. The van der Waals surface area contributed by atoms with Gasteiger partial charge in [0.2, 0.25) is 0 Å². The lowest BCUT2D eigenvalue weighted by atomic mass is 9.60. The zero-order valence-corrected chi connectivity index (χ0v) is 35.5. The zero-order chi connectivity index (χ0) is 41.7. The van der Waals surface area contributed by atoms with E-state index in [0.717, 1.165) is 0 Å². The highest BCUT2D eigenvalue weighted by Gasteiger charge is 2.55. The first-order valence-electron chi connectivity index (χ1n) is 22.3. The number of hydrogen-bond acceptors (Lipinski definition) is 2. The summed E-state index contributed by atoms with van der Waals surface area (Å²) >= 11 is 1.89. The van der Waals surface area contributed by atoms with E-state index in [1.165, 1.54) is 126 Å². The van der Waals surface area contributed by atoms with Gasteiger partial charge >= 0.3 is 0 Å². The Morgan fingerprint density at radius 3 is 1.25 bits per heavy atom. The van der Waals surface area contributed by atoms with Crippen molar-refractivity contribution >= 4 is 83.8 Å². The van der Waals surface area contributed by atoms with E-state index in [0.29, 0.717) is 0 Å².